The first-order valence-corrected chi connectivity index (χ1v) is 10.2. The predicted octanol–water partition coefficient (Wildman–Crippen LogP) is 5.95. The van der Waals surface area contributed by atoms with E-state index in [9.17, 15) is 4.79 Å². The van der Waals surface area contributed by atoms with Gasteiger partial charge in [-0.05, 0) is 36.8 Å². The molecule has 0 atom stereocenters. The highest BCUT2D eigenvalue weighted by Gasteiger charge is 2.11. The van der Waals surface area contributed by atoms with E-state index in [1.807, 2.05) is 79.0 Å². The first-order chi connectivity index (χ1) is 14.2. The van der Waals surface area contributed by atoms with Crippen molar-refractivity contribution in [2.24, 2.45) is 0 Å². The van der Waals surface area contributed by atoms with Crippen LogP contribution >= 0.6 is 11.3 Å². The normalized spacial score (nSPS) is 10.5. The van der Waals surface area contributed by atoms with Crippen LogP contribution in [0.15, 0.2) is 84.2 Å². The molecule has 144 valence electrons. The van der Waals surface area contributed by atoms with Crippen LogP contribution in [0.5, 0.6) is 5.75 Å². The fourth-order valence-corrected chi connectivity index (χ4v) is 3.61. The molecular formula is C24H20N2O2S. The standard InChI is InChI=1S/C24H20N2O2S/c1-17-25-20(16-29-17)15-28-21-11-7-10-19(14-21)24(27)26-23-13-6-5-12-22(23)18-8-3-2-4-9-18/h2-14,16H,15H2,1H3,(H,26,27). The smallest absolute Gasteiger partial charge is 0.255 e. The lowest BCUT2D eigenvalue weighted by atomic mass is 10.0. The molecule has 0 aliphatic rings. The van der Waals surface area contributed by atoms with Crippen LogP contribution in [0, 0.1) is 6.92 Å². The third kappa shape index (κ3) is 4.70. The minimum atomic E-state index is -0.177. The van der Waals surface area contributed by atoms with Crippen LogP contribution in [-0.4, -0.2) is 10.9 Å². The SMILES string of the molecule is Cc1nc(COc2cccc(C(=O)Nc3ccccc3-c3ccccc3)c2)cs1. The molecule has 0 spiro atoms. The van der Waals surface area contributed by atoms with Gasteiger partial charge in [0.15, 0.2) is 0 Å². The molecule has 0 aliphatic heterocycles. The van der Waals surface area contributed by atoms with Crippen molar-refractivity contribution in [3.8, 4) is 16.9 Å². The molecule has 29 heavy (non-hydrogen) atoms. The molecule has 0 saturated heterocycles. The molecule has 0 fully saturated rings. The number of benzene rings is 3. The quantitative estimate of drug-likeness (QED) is 0.435. The third-order valence-electron chi connectivity index (χ3n) is 4.41. The number of thiazole rings is 1. The van der Waals surface area contributed by atoms with Gasteiger partial charge in [-0.2, -0.15) is 0 Å². The van der Waals surface area contributed by atoms with Gasteiger partial charge >= 0.3 is 0 Å². The Labute approximate surface area is 173 Å². The minimum Gasteiger partial charge on any atom is -0.487 e. The highest BCUT2D eigenvalue weighted by Crippen LogP contribution is 2.28. The molecule has 1 N–H and O–H groups in total. The summed E-state index contributed by atoms with van der Waals surface area (Å²) in [6.45, 7) is 2.35. The summed E-state index contributed by atoms with van der Waals surface area (Å²) in [7, 11) is 0. The van der Waals surface area contributed by atoms with E-state index in [-0.39, 0.29) is 5.91 Å². The molecule has 0 bridgehead atoms. The second-order valence-electron chi connectivity index (χ2n) is 6.54. The van der Waals surface area contributed by atoms with Crippen molar-refractivity contribution < 1.29 is 9.53 Å². The van der Waals surface area contributed by atoms with Crippen molar-refractivity contribution >= 4 is 22.9 Å². The van der Waals surface area contributed by atoms with E-state index in [0.717, 1.165) is 27.5 Å². The molecule has 4 rings (SSSR count). The second kappa shape index (κ2) is 8.71. The summed E-state index contributed by atoms with van der Waals surface area (Å²) < 4.78 is 5.80. The summed E-state index contributed by atoms with van der Waals surface area (Å²) in [5.74, 6) is 0.461. The van der Waals surface area contributed by atoms with E-state index in [0.29, 0.717) is 17.9 Å². The van der Waals surface area contributed by atoms with Crippen LogP contribution in [0.25, 0.3) is 11.1 Å². The van der Waals surface area contributed by atoms with Crippen molar-refractivity contribution in [1.29, 1.82) is 0 Å². The van der Waals surface area contributed by atoms with E-state index >= 15 is 0 Å². The molecule has 5 heteroatoms. The summed E-state index contributed by atoms with van der Waals surface area (Å²) in [4.78, 5) is 17.2. The van der Waals surface area contributed by atoms with Crippen molar-refractivity contribution in [3.63, 3.8) is 0 Å². The number of hydrogen-bond donors (Lipinski definition) is 1. The van der Waals surface area contributed by atoms with Crippen molar-refractivity contribution in [2.75, 3.05) is 5.32 Å². The maximum absolute atomic E-state index is 12.9. The number of anilines is 1. The van der Waals surface area contributed by atoms with Gasteiger partial charge in [-0.15, -0.1) is 11.3 Å². The highest BCUT2D eigenvalue weighted by atomic mass is 32.1. The molecule has 3 aromatic carbocycles. The van der Waals surface area contributed by atoms with Gasteiger partial charge in [0.05, 0.1) is 10.7 Å². The number of ether oxygens (including phenoxy) is 1. The number of aromatic nitrogens is 1. The Morgan fingerprint density at radius 3 is 2.59 bits per heavy atom. The van der Waals surface area contributed by atoms with Crippen LogP contribution < -0.4 is 10.1 Å². The average molecular weight is 401 g/mol. The van der Waals surface area contributed by atoms with Crippen LogP contribution in [0.1, 0.15) is 21.1 Å². The van der Waals surface area contributed by atoms with E-state index in [1.165, 1.54) is 0 Å². The summed E-state index contributed by atoms with van der Waals surface area (Å²) in [5.41, 5.74) is 4.23. The van der Waals surface area contributed by atoms with Gasteiger partial charge < -0.3 is 10.1 Å². The summed E-state index contributed by atoms with van der Waals surface area (Å²) in [6.07, 6.45) is 0. The van der Waals surface area contributed by atoms with Crippen LogP contribution in [-0.2, 0) is 6.61 Å². The molecule has 0 saturated carbocycles. The number of carbonyl (C=O) groups excluding carboxylic acids is 1. The fourth-order valence-electron chi connectivity index (χ4n) is 3.01. The van der Waals surface area contributed by atoms with Gasteiger partial charge in [0.25, 0.3) is 5.91 Å². The number of nitrogens with zero attached hydrogens (tertiary/aromatic N) is 1. The Bertz CT molecular complexity index is 1120. The number of rotatable bonds is 6. The Kier molecular flexibility index (Phi) is 5.68. The molecule has 0 radical (unpaired) electrons. The van der Waals surface area contributed by atoms with Crippen LogP contribution in [0.4, 0.5) is 5.69 Å². The monoisotopic (exact) mass is 400 g/mol. The zero-order chi connectivity index (χ0) is 20.1. The highest BCUT2D eigenvalue weighted by molar-refractivity contribution is 7.09. The molecule has 0 unspecified atom stereocenters. The molecule has 1 aromatic heterocycles. The van der Waals surface area contributed by atoms with Crippen LogP contribution in [0.3, 0.4) is 0 Å². The third-order valence-corrected chi connectivity index (χ3v) is 5.23. The Morgan fingerprint density at radius 1 is 1.00 bits per heavy atom. The zero-order valence-corrected chi connectivity index (χ0v) is 16.8. The maximum atomic E-state index is 12.9. The number of carbonyl (C=O) groups is 1. The van der Waals surface area contributed by atoms with Crippen LogP contribution in [0.2, 0.25) is 0 Å². The first kappa shape index (κ1) is 18.9. The van der Waals surface area contributed by atoms with Crippen molar-refractivity contribution in [3.05, 3.63) is 101 Å². The molecule has 1 amide bonds. The zero-order valence-electron chi connectivity index (χ0n) is 16.0. The molecule has 4 nitrogen and oxygen atoms in total. The lowest BCUT2D eigenvalue weighted by Gasteiger charge is -2.12. The summed E-state index contributed by atoms with van der Waals surface area (Å²) in [6, 6.07) is 25.0. The Hall–Kier alpha value is -3.44. The summed E-state index contributed by atoms with van der Waals surface area (Å²) in [5, 5.41) is 6.01. The average Bonchev–Trinajstić information content (AvgIpc) is 3.18. The number of para-hydroxylation sites is 1. The van der Waals surface area contributed by atoms with E-state index in [1.54, 1.807) is 23.5 Å². The molecule has 4 aromatic rings. The van der Waals surface area contributed by atoms with Gasteiger partial charge in [0, 0.05) is 22.2 Å². The second-order valence-corrected chi connectivity index (χ2v) is 7.60. The fraction of sp³-hybridized carbons (Fsp3) is 0.0833. The minimum absolute atomic E-state index is 0.177. The van der Waals surface area contributed by atoms with E-state index < -0.39 is 0 Å². The summed E-state index contributed by atoms with van der Waals surface area (Å²) >= 11 is 1.59. The first-order valence-electron chi connectivity index (χ1n) is 9.29. The maximum Gasteiger partial charge on any atom is 0.255 e. The van der Waals surface area contributed by atoms with Crippen molar-refractivity contribution in [2.45, 2.75) is 13.5 Å². The van der Waals surface area contributed by atoms with Gasteiger partial charge in [0.2, 0.25) is 0 Å². The lowest BCUT2D eigenvalue weighted by molar-refractivity contribution is 0.102. The molecule has 1 heterocycles. The number of nitrogens with one attached hydrogen (secondary N) is 1. The Morgan fingerprint density at radius 2 is 1.79 bits per heavy atom. The molecule has 0 aliphatic carbocycles. The Balaban J connectivity index is 1.49. The predicted molar refractivity (Wildman–Crippen MR) is 117 cm³/mol. The number of aryl methyl sites for hydroxylation is 1. The lowest BCUT2D eigenvalue weighted by Crippen LogP contribution is -2.12. The number of hydrogen-bond acceptors (Lipinski definition) is 4. The molecular weight excluding hydrogens is 380 g/mol. The van der Waals surface area contributed by atoms with E-state index in [4.69, 9.17) is 4.74 Å². The largest absolute Gasteiger partial charge is 0.487 e. The van der Waals surface area contributed by atoms with Gasteiger partial charge in [-0.1, -0.05) is 54.6 Å². The number of amides is 1. The van der Waals surface area contributed by atoms with Gasteiger partial charge in [-0.25, -0.2) is 4.98 Å². The van der Waals surface area contributed by atoms with Crippen molar-refractivity contribution in [1.82, 2.24) is 4.98 Å². The van der Waals surface area contributed by atoms with Gasteiger partial charge in [0.1, 0.15) is 12.4 Å². The topological polar surface area (TPSA) is 51.2 Å². The van der Waals surface area contributed by atoms with E-state index in [2.05, 4.69) is 10.3 Å². The van der Waals surface area contributed by atoms with Gasteiger partial charge in [-0.3, -0.25) is 4.79 Å².